The molecule has 456 valence electrons. The Morgan fingerprint density at radius 3 is 0.782 bits per heavy atom. The monoisotopic (exact) mass is 1090 g/mol. The second kappa shape index (κ2) is 66.9. The zero-order valence-corrected chi connectivity index (χ0v) is 52.5. The lowest BCUT2D eigenvalue weighted by Gasteiger charge is -2.18. The van der Waals surface area contributed by atoms with Crippen LogP contribution < -0.4 is 0 Å². The molecule has 1 atom stereocenters. The van der Waals surface area contributed by atoms with Gasteiger partial charge in [0.1, 0.15) is 13.2 Å². The van der Waals surface area contributed by atoms with Crippen molar-refractivity contribution in [3.63, 3.8) is 0 Å². The van der Waals surface area contributed by atoms with E-state index in [-0.39, 0.29) is 31.1 Å². The Labute approximate surface area is 486 Å². The van der Waals surface area contributed by atoms with Crippen molar-refractivity contribution < 1.29 is 28.6 Å². The average Bonchev–Trinajstić information content (AvgIpc) is 3.44. The molecule has 0 spiro atoms. The fourth-order valence-electron chi connectivity index (χ4n) is 10.4. The third-order valence-corrected chi connectivity index (χ3v) is 15.6. The summed E-state index contributed by atoms with van der Waals surface area (Å²) in [5, 5.41) is 0. The summed E-state index contributed by atoms with van der Waals surface area (Å²) >= 11 is 0. The highest BCUT2D eigenvalue weighted by molar-refractivity contribution is 5.71. The number of ether oxygens (including phenoxy) is 3. The summed E-state index contributed by atoms with van der Waals surface area (Å²) in [5.41, 5.74) is 0. The summed E-state index contributed by atoms with van der Waals surface area (Å²) in [4.78, 5) is 38.1. The van der Waals surface area contributed by atoms with Gasteiger partial charge in [-0.3, -0.25) is 14.4 Å². The van der Waals surface area contributed by atoms with Gasteiger partial charge in [-0.15, -0.1) is 0 Å². The molecule has 0 rings (SSSR count). The zero-order chi connectivity index (χ0) is 56.4. The molecule has 0 fully saturated rings. The first kappa shape index (κ1) is 75.4. The molecule has 1 unspecified atom stereocenters. The van der Waals surface area contributed by atoms with Gasteiger partial charge in [0.2, 0.25) is 0 Å². The summed E-state index contributed by atoms with van der Waals surface area (Å²) in [5.74, 6) is -0.845. The van der Waals surface area contributed by atoms with Crippen LogP contribution in [0.25, 0.3) is 0 Å². The fourth-order valence-corrected chi connectivity index (χ4v) is 10.4. The molecule has 6 nitrogen and oxygen atoms in total. The number of rotatable bonds is 64. The third-order valence-electron chi connectivity index (χ3n) is 15.6. The van der Waals surface area contributed by atoms with E-state index in [1.54, 1.807) is 0 Å². The van der Waals surface area contributed by atoms with Gasteiger partial charge in [-0.2, -0.15) is 0 Å². The lowest BCUT2D eigenvalue weighted by atomic mass is 10.0. The van der Waals surface area contributed by atoms with Crippen LogP contribution in [-0.4, -0.2) is 37.2 Å². The number of carbonyl (C=O) groups is 3. The standard InChI is InChI=1S/C72H132O6/c1-4-7-10-13-16-18-20-22-24-26-28-29-30-31-32-33-34-35-36-37-38-39-40-41-42-43-44-46-47-49-51-53-56-59-62-65-71(74)77-68-69(67-76-70(73)64-61-58-55-15-12-9-6-3)78-72(75)66-63-60-57-54-52-50-48-45-27-25-23-21-19-17-14-11-8-5-2/h7,10,16,18,22,24,28-29,69H,4-6,8-9,11-15,17,19-21,23,25-27,30-68H2,1-3H3/b10-7-,18-16-,24-22-,29-28-. The van der Waals surface area contributed by atoms with Crippen LogP contribution >= 0.6 is 0 Å². The van der Waals surface area contributed by atoms with E-state index < -0.39 is 6.10 Å². The van der Waals surface area contributed by atoms with Crippen LogP contribution in [-0.2, 0) is 28.6 Å². The number of hydrogen-bond donors (Lipinski definition) is 0. The highest BCUT2D eigenvalue weighted by Gasteiger charge is 2.19. The zero-order valence-electron chi connectivity index (χ0n) is 52.5. The first-order valence-corrected chi connectivity index (χ1v) is 34.6. The number of hydrogen-bond acceptors (Lipinski definition) is 6. The first-order valence-electron chi connectivity index (χ1n) is 34.6. The van der Waals surface area contributed by atoms with Gasteiger partial charge in [0.05, 0.1) is 0 Å². The van der Waals surface area contributed by atoms with E-state index in [1.807, 2.05) is 0 Å². The molecule has 0 N–H and O–H groups in total. The van der Waals surface area contributed by atoms with E-state index in [0.717, 1.165) is 83.5 Å². The van der Waals surface area contributed by atoms with Crippen molar-refractivity contribution >= 4 is 17.9 Å². The quantitative estimate of drug-likeness (QED) is 0.0261. The molecule has 0 aromatic heterocycles. The van der Waals surface area contributed by atoms with Crippen molar-refractivity contribution in [3.05, 3.63) is 48.6 Å². The summed E-state index contributed by atoms with van der Waals surface area (Å²) in [6.07, 6.45) is 84.7. The van der Waals surface area contributed by atoms with Crippen molar-refractivity contribution in [2.24, 2.45) is 0 Å². The van der Waals surface area contributed by atoms with Gasteiger partial charge >= 0.3 is 17.9 Å². The minimum Gasteiger partial charge on any atom is -0.462 e. The van der Waals surface area contributed by atoms with Crippen LogP contribution in [0.4, 0.5) is 0 Å². The molecule has 6 heteroatoms. The molecular formula is C72H132O6. The van der Waals surface area contributed by atoms with Gasteiger partial charge in [0.15, 0.2) is 6.10 Å². The van der Waals surface area contributed by atoms with E-state index >= 15 is 0 Å². The second-order valence-corrected chi connectivity index (χ2v) is 23.4. The van der Waals surface area contributed by atoms with Crippen LogP contribution in [0.2, 0.25) is 0 Å². The lowest BCUT2D eigenvalue weighted by molar-refractivity contribution is -0.167. The highest BCUT2D eigenvalue weighted by Crippen LogP contribution is 2.19. The van der Waals surface area contributed by atoms with E-state index in [2.05, 4.69) is 69.4 Å². The molecule has 0 aliphatic rings. The van der Waals surface area contributed by atoms with Gasteiger partial charge in [0.25, 0.3) is 0 Å². The molecule has 78 heavy (non-hydrogen) atoms. The Hall–Kier alpha value is -2.63. The SMILES string of the molecule is CC/C=C\C/C=C\C/C=C\C/C=C\CCCCCCCCCCCCCCCCCCCCCCCCC(=O)OCC(COC(=O)CCCCCCCCC)OC(=O)CCCCCCCCCCCCCCCCCCCC. The number of esters is 3. The predicted octanol–water partition coefficient (Wildman–Crippen LogP) is 23.7. The summed E-state index contributed by atoms with van der Waals surface area (Å²) in [6.45, 7) is 6.55. The summed E-state index contributed by atoms with van der Waals surface area (Å²) in [7, 11) is 0. The van der Waals surface area contributed by atoms with E-state index in [9.17, 15) is 14.4 Å². The smallest absolute Gasteiger partial charge is 0.306 e. The molecule has 0 aromatic rings. The first-order chi connectivity index (χ1) is 38.5. The van der Waals surface area contributed by atoms with Gasteiger partial charge in [-0.05, 0) is 57.8 Å². The average molecular weight is 1090 g/mol. The molecule has 0 bridgehead atoms. The Kier molecular flexibility index (Phi) is 64.6. The van der Waals surface area contributed by atoms with Crippen molar-refractivity contribution in [2.45, 2.75) is 380 Å². The van der Waals surface area contributed by atoms with Gasteiger partial charge < -0.3 is 14.2 Å². The molecule has 0 saturated heterocycles. The maximum atomic E-state index is 12.9. The molecule has 0 aromatic carbocycles. The van der Waals surface area contributed by atoms with Gasteiger partial charge in [-0.25, -0.2) is 0 Å². The van der Waals surface area contributed by atoms with Crippen LogP contribution in [0.1, 0.15) is 374 Å². The maximum Gasteiger partial charge on any atom is 0.306 e. The number of unbranched alkanes of at least 4 members (excludes halogenated alkanes) is 45. The summed E-state index contributed by atoms with van der Waals surface area (Å²) in [6, 6.07) is 0. The normalized spacial score (nSPS) is 12.3. The van der Waals surface area contributed by atoms with Crippen LogP contribution in [0.5, 0.6) is 0 Å². The van der Waals surface area contributed by atoms with Gasteiger partial charge in [0, 0.05) is 19.3 Å². The van der Waals surface area contributed by atoms with E-state index in [1.165, 1.54) is 250 Å². The third kappa shape index (κ3) is 64.2. The Bertz CT molecular complexity index is 1350. The van der Waals surface area contributed by atoms with Crippen LogP contribution in [0.3, 0.4) is 0 Å². The molecule has 0 saturated carbocycles. The highest BCUT2D eigenvalue weighted by atomic mass is 16.6. The predicted molar refractivity (Wildman–Crippen MR) is 339 cm³/mol. The molecule has 0 radical (unpaired) electrons. The topological polar surface area (TPSA) is 78.9 Å². The molecule has 0 amide bonds. The second-order valence-electron chi connectivity index (χ2n) is 23.4. The van der Waals surface area contributed by atoms with E-state index in [0.29, 0.717) is 19.3 Å². The van der Waals surface area contributed by atoms with Crippen molar-refractivity contribution in [3.8, 4) is 0 Å². The van der Waals surface area contributed by atoms with Crippen molar-refractivity contribution in [1.82, 2.24) is 0 Å². The van der Waals surface area contributed by atoms with Crippen molar-refractivity contribution in [1.29, 1.82) is 0 Å². The maximum absolute atomic E-state index is 12.9. The summed E-state index contributed by atoms with van der Waals surface area (Å²) < 4.78 is 16.9. The van der Waals surface area contributed by atoms with Crippen LogP contribution in [0.15, 0.2) is 48.6 Å². The molecule has 0 heterocycles. The van der Waals surface area contributed by atoms with Gasteiger partial charge in [-0.1, -0.05) is 345 Å². The Morgan fingerprint density at radius 2 is 0.500 bits per heavy atom. The van der Waals surface area contributed by atoms with Crippen molar-refractivity contribution in [2.75, 3.05) is 13.2 Å². The molecular weight excluding hydrogens is 961 g/mol. The Morgan fingerprint density at radius 1 is 0.269 bits per heavy atom. The fraction of sp³-hybridized carbons (Fsp3) is 0.847. The van der Waals surface area contributed by atoms with E-state index in [4.69, 9.17) is 14.2 Å². The number of allylic oxidation sites excluding steroid dienone is 8. The minimum atomic E-state index is -0.765. The molecule has 0 aliphatic carbocycles. The minimum absolute atomic E-state index is 0.0652. The largest absolute Gasteiger partial charge is 0.462 e. The lowest BCUT2D eigenvalue weighted by Crippen LogP contribution is -2.30. The van der Waals surface area contributed by atoms with Crippen LogP contribution in [0, 0.1) is 0 Å². The molecule has 0 aliphatic heterocycles. The number of carbonyl (C=O) groups excluding carboxylic acids is 3. The Balaban J connectivity index is 3.93.